The van der Waals surface area contributed by atoms with Crippen molar-refractivity contribution in [1.29, 1.82) is 0 Å². The lowest BCUT2D eigenvalue weighted by Gasteiger charge is -2.12. The third-order valence-electron chi connectivity index (χ3n) is 3.89. The SMILES string of the molecule is CCOC(=O)[C@H](CC)Sc1ncnc2c1nnn2Cc1ccc(C)cc1. The van der Waals surface area contributed by atoms with E-state index in [2.05, 4.69) is 51.5 Å². The van der Waals surface area contributed by atoms with E-state index in [1.165, 1.54) is 23.7 Å². The zero-order valence-corrected chi connectivity index (χ0v) is 15.9. The van der Waals surface area contributed by atoms with E-state index in [1.807, 2.05) is 6.92 Å². The van der Waals surface area contributed by atoms with Crippen molar-refractivity contribution >= 4 is 28.9 Å². The fourth-order valence-corrected chi connectivity index (χ4v) is 3.45. The van der Waals surface area contributed by atoms with Crippen LogP contribution in [0.15, 0.2) is 35.6 Å². The molecule has 3 rings (SSSR count). The number of fused-ring (bicyclic) bond motifs is 1. The summed E-state index contributed by atoms with van der Waals surface area (Å²) in [6.07, 6.45) is 2.13. The monoisotopic (exact) mass is 371 g/mol. The summed E-state index contributed by atoms with van der Waals surface area (Å²) in [5.41, 5.74) is 3.59. The number of carbonyl (C=O) groups excluding carboxylic acids is 1. The van der Waals surface area contributed by atoms with Crippen molar-refractivity contribution in [3.63, 3.8) is 0 Å². The van der Waals surface area contributed by atoms with Gasteiger partial charge < -0.3 is 4.74 Å². The van der Waals surface area contributed by atoms with Gasteiger partial charge in [-0.15, -0.1) is 5.10 Å². The van der Waals surface area contributed by atoms with Crippen LogP contribution < -0.4 is 0 Å². The second kappa shape index (κ2) is 8.27. The molecule has 0 aliphatic rings. The van der Waals surface area contributed by atoms with E-state index >= 15 is 0 Å². The maximum atomic E-state index is 12.1. The van der Waals surface area contributed by atoms with E-state index in [1.54, 1.807) is 11.6 Å². The zero-order chi connectivity index (χ0) is 18.5. The molecule has 1 atom stereocenters. The van der Waals surface area contributed by atoms with Crippen molar-refractivity contribution in [1.82, 2.24) is 25.0 Å². The number of hydrogen-bond donors (Lipinski definition) is 0. The van der Waals surface area contributed by atoms with Crippen LogP contribution in [0, 0.1) is 6.92 Å². The quantitative estimate of drug-likeness (QED) is 0.359. The standard InChI is InChI=1S/C18H21N5O2S/c1-4-14(18(24)25-5-2)26-17-15-16(19-11-20-17)23(22-21-15)10-13-8-6-12(3)7-9-13/h6-9,11,14H,4-5,10H2,1-3H3/t14-/m0/s1. The topological polar surface area (TPSA) is 82.8 Å². The number of esters is 1. The molecule has 136 valence electrons. The second-order valence-corrected chi connectivity index (χ2v) is 7.04. The van der Waals surface area contributed by atoms with Gasteiger partial charge in [0.25, 0.3) is 0 Å². The van der Waals surface area contributed by atoms with Crippen molar-refractivity contribution in [2.24, 2.45) is 0 Å². The van der Waals surface area contributed by atoms with Gasteiger partial charge in [0.05, 0.1) is 13.2 Å². The molecule has 8 heteroatoms. The summed E-state index contributed by atoms with van der Waals surface area (Å²) in [5, 5.41) is 8.78. The number of hydrogen-bond acceptors (Lipinski definition) is 7. The Labute approximate surface area is 156 Å². The van der Waals surface area contributed by atoms with E-state index in [0.29, 0.717) is 35.8 Å². The third-order valence-corrected chi connectivity index (χ3v) is 5.23. The van der Waals surface area contributed by atoms with Crippen molar-refractivity contribution in [3.8, 4) is 0 Å². The Morgan fingerprint density at radius 1 is 1.23 bits per heavy atom. The van der Waals surface area contributed by atoms with Crippen LogP contribution in [0.5, 0.6) is 0 Å². The first-order valence-corrected chi connectivity index (χ1v) is 9.43. The number of nitrogens with zero attached hydrogens (tertiary/aromatic N) is 5. The Bertz CT molecular complexity index is 894. The predicted octanol–water partition coefficient (Wildman–Crippen LogP) is 3.01. The average Bonchev–Trinajstić information content (AvgIpc) is 3.05. The number of ether oxygens (including phenoxy) is 1. The van der Waals surface area contributed by atoms with Gasteiger partial charge in [0.1, 0.15) is 16.6 Å². The highest BCUT2D eigenvalue weighted by atomic mass is 32.2. The molecular weight excluding hydrogens is 350 g/mol. The van der Waals surface area contributed by atoms with Gasteiger partial charge in [0, 0.05) is 0 Å². The molecule has 0 aliphatic heterocycles. The smallest absolute Gasteiger partial charge is 0.319 e. The van der Waals surface area contributed by atoms with Gasteiger partial charge in [0.2, 0.25) is 0 Å². The lowest BCUT2D eigenvalue weighted by Crippen LogP contribution is -2.19. The molecule has 0 N–H and O–H groups in total. The molecule has 0 radical (unpaired) electrons. The Morgan fingerprint density at radius 2 is 2.00 bits per heavy atom. The molecule has 3 aromatic rings. The van der Waals surface area contributed by atoms with Crippen LogP contribution in [-0.2, 0) is 16.1 Å². The lowest BCUT2D eigenvalue weighted by molar-refractivity contribution is -0.142. The Morgan fingerprint density at radius 3 is 2.69 bits per heavy atom. The number of rotatable bonds is 7. The fraction of sp³-hybridized carbons (Fsp3) is 0.389. The number of benzene rings is 1. The Kier molecular flexibility index (Phi) is 5.82. The van der Waals surface area contributed by atoms with Crippen LogP contribution in [0.1, 0.15) is 31.4 Å². The summed E-state index contributed by atoms with van der Waals surface area (Å²) in [5.74, 6) is -0.237. The first kappa shape index (κ1) is 18.3. The van der Waals surface area contributed by atoms with Crippen LogP contribution in [0.3, 0.4) is 0 Å². The first-order chi connectivity index (χ1) is 12.6. The molecule has 0 bridgehead atoms. The van der Waals surface area contributed by atoms with Gasteiger partial charge in [-0.25, -0.2) is 14.6 Å². The summed E-state index contributed by atoms with van der Waals surface area (Å²) in [6.45, 7) is 6.74. The maximum absolute atomic E-state index is 12.1. The Hall–Kier alpha value is -2.48. The van der Waals surface area contributed by atoms with Crippen LogP contribution in [0.25, 0.3) is 11.2 Å². The van der Waals surface area contributed by atoms with E-state index in [-0.39, 0.29) is 11.2 Å². The normalized spacial score (nSPS) is 12.3. The molecule has 7 nitrogen and oxygen atoms in total. The fourth-order valence-electron chi connectivity index (χ4n) is 2.50. The molecule has 0 saturated heterocycles. The van der Waals surface area contributed by atoms with Crippen molar-refractivity contribution < 1.29 is 9.53 Å². The van der Waals surface area contributed by atoms with E-state index < -0.39 is 0 Å². The third kappa shape index (κ3) is 4.01. The Balaban J connectivity index is 1.86. The molecule has 0 saturated carbocycles. The van der Waals surface area contributed by atoms with Crippen LogP contribution in [-0.4, -0.2) is 42.8 Å². The molecule has 0 aliphatic carbocycles. The number of thioether (sulfide) groups is 1. The van der Waals surface area contributed by atoms with Gasteiger partial charge in [-0.3, -0.25) is 4.79 Å². The van der Waals surface area contributed by atoms with E-state index in [4.69, 9.17) is 4.74 Å². The lowest BCUT2D eigenvalue weighted by atomic mass is 10.1. The van der Waals surface area contributed by atoms with Gasteiger partial charge in [-0.05, 0) is 25.8 Å². The van der Waals surface area contributed by atoms with E-state index in [9.17, 15) is 4.79 Å². The number of carbonyl (C=O) groups is 1. The van der Waals surface area contributed by atoms with Crippen LogP contribution in [0.2, 0.25) is 0 Å². The molecule has 2 aromatic heterocycles. The maximum Gasteiger partial charge on any atom is 0.319 e. The van der Waals surface area contributed by atoms with Crippen LogP contribution >= 0.6 is 11.8 Å². The van der Waals surface area contributed by atoms with Gasteiger partial charge in [-0.2, -0.15) is 0 Å². The summed E-state index contributed by atoms with van der Waals surface area (Å²) in [4.78, 5) is 20.7. The zero-order valence-electron chi connectivity index (χ0n) is 15.0. The molecule has 26 heavy (non-hydrogen) atoms. The second-order valence-electron chi connectivity index (χ2n) is 5.85. The summed E-state index contributed by atoms with van der Waals surface area (Å²) >= 11 is 1.35. The highest BCUT2D eigenvalue weighted by Gasteiger charge is 2.22. The molecule has 0 spiro atoms. The average molecular weight is 371 g/mol. The van der Waals surface area contributed by atoms with E-state index in [0.717, 1.165) is 5.56 Å². The molecule has 2 heterocycles. The highest BCUT2D eigenvalue weighted by molar-refractivity contribution is 8.00. The summed E-state index contributed by atoms with van der Waals surface area (Å²) in [7, 11) is 0. The largest absolute Gasteiger partial charge is 0.465 e. The minimum absolute atomic E-state index is 0.237. The van der Waals surface area contributed by atoms with Crippen molar-refractivity contribution in [3.05, 3.63) is 41.7 Å². The van der Waals surface area contributed by atoms with Gasteiger partial charge >= 0.3 is 5.97 Å². The van der Waals surface area contributed by atoms with Gasteiger partial charge in [-0.1, -0.05) is 53.7 Å². The molecular formula is C18H21N5O2S. The predicted molar refractivity (Wildman–Crippen MR) is 100.0 cm³/mol. The number of aryl methyl sites for hydroxylation is 1. The highest BCUT2D eigenvalue weighted by Crippen LogP contribution is 2.29. The first-order valence-electron chi connectivity index (χ1n) is 8.55. The molecule has 0 fully saturated rings. The van der Waals surface area contributed by atoms with Gasteiger partial charge in [0.15, 0.2) is 11.2 Å². The van der Waals surface area contributed by atoms with Crippen molar-refractivity contribution in [2.45, 2.75) is 44.0 Å². The van der Waals surface area contributed by atoms with Crippen LogP contribution in [0.4, 0.5) is 0 Å². The minimum Gasteiger partial charge on any atom is -0.465 e. The molecule has 0 unspecified atom stereocenters. The molecule has 0 amide bonds. The molecule has 1 aromatic carbocycles. The minimum atomic E-state index is -0.324. The van der Waals surface area contributed by atoms with Crippen molar-refractivity contribution in [2.75, 3.05) is 6.61 Å². The summed E-state index contributed by atoms with van der Waals surface area (Å²) < 4.78 is 6.88. The summed E-state index contributed by atoms with van der Waals surface area (Å²) in [6, 6.07) is 8.26. The number of aromatic nitrogens is 5.